The second kappa shape index (κ2) is 6.70. The van der Waals surface area contributed by atoms with Gasteiger partial charge in [0, 0.05) is 37.6 Å². The van der Waals surface area contributed by atoms with Crippen molar-refractivity contribution in [1.29, 1.82) is 0 Å². The quantitative estimate of drug-likeness (QED) is 0.783. The average molecular weight is 259 g/mol. The number of methoxy groups -OCH3 is 1. The number of amides is 1. The number of nitrogens with one attached hydrogen (secondary N) is 2. The van der Waals surface area contributed by atoms with Gasteiger partial charge in [-0.3, -0.25) is 9.89 Å². The molecule has 0 unspecified atom stereocenters. The minimum absolute atomic E-state index is 0.00110. The molecule has 0 aliphatic rings. The standard InChI is InChI=1S/C14H17N3O2/c1-19-9-3-6-14(18)16-12-5-2-4-11(10-12)13-7-8-15-17-13/h2,4-5,7-8,10H,3,6,9H2,1H3,(H,15,17)(H,16,18). The minimum atomic E-state index is -0.00110. The van der Waals surface area contributed by atoms with Crippen LogP contribution in [0.4, 0.5) is 5.69 Å². The van der Waals surface area contributed by atoms with E-state index < -0.39 is 0 Å². The van der Waals surface area contributed by atoms with Crippen molar-refractivity contribution in [2.24, 2.45) is 0 Å². The summed E-state index contributed by atoms with van der Waals surface area (Å²) >= 11 is 0. The molecule has 0 aliphatic heterocycles. The van der Waals surface area contributed by atoms with E-state index in [2.05, 4.69) is 15.5 Å². The third-order valence-electron chi connectivity index (χ3n) is 2.71. The van der Waals surface area contributed by atoms with Gasteiger partial charge in [-0.2, -0.15) is 5.10 Å². The van der Waals surface area contributed by atoms with Crippen LogP contribution in [0.1, 0.15) is 12.8 Å². The Morgan fingerprint density at radius 2 is 2.32 bits per heavy atom. The topological polar surface area (TPSA) is 67.0 Å². The number of aromatic nitrogens is 2. The number of carbonyl (C=O) groups is 1. The fourth-order valence-corrected chi connectivity index (χ4v) is 1.78. The fraction of sp³-hybridized carbons (Fsp3) is 0.286. The monoisotopic (exact) mass is 259 g/mol. The van der Waals surface area contributed by atoms with Gasteiger partial charge in [-0.1, -0.05) is 12.1 Å². The predicted molar refractivity (Wildman–Crippen MR) is 73.8 cm³/mol. The zero-order valence-corrected chi connectivity index (χ0v) is 10.8. The molecule has 1 amide bonds. The lowest BCUT2D eigenvalue weighted by atomic mass is 10.1. The summed E-state index contributed by atoms with van der Waals surface area (Å²) in [6, 6.07) is 9.55. The normalized spacial score (nSPS) is 10.4. The average Bonchev–Trinajstić information content (AvgIpc) is 2.93. The lowest BCUT2D eigenvalue weighted by Gasteiger charge is -2.06. The molecule has 2 rings (SSSR count). The maximum absolute atomic E-state index is 11.7. The Morgan fingerprint density at radius 1 is 1.42 bits per heavy atom. The second-order valence-corrected chi connectivity index (χ2v) is 4.20. The highest BCUT2D eigenvalue weighted by molar-refractivity contribution is 5.91. The highest BCUT2D eigenvalue weighted by atomic mass is 16.5. The van der Waals surface area contributed by atoms with Gasteiger partial charge in [0.15, 0.2) is 0 Å². The second-order valence-electron chi connectivity index (χ2n) is 4.20. The number of benzene rings is 1. The lowest BCUT2D eigenvalue weighted by Crippen LogP contribution is -2.12. The predicted octanol–water partition coefficient (Wildman–Crippen LogP) is 2.44. The van der Waals surface area contributed by atoms with E-state index in [9.17, 15) is 4.79 Å². The Morgan fingerprint density at radius 3 is 3.05 bits per heavy atom. The van der Waals surface area contributed by atoms with Crippen molar-refractivity contribution in [1.82, 2.24) is 10.2 Å². The summed E-state index contributed by atoms with van der Waals surface area (Å²) in [7, 11) is 1.63. The number of ether oxygens (including phenoxy) is 1. The zero-order chi connectivity index (χ0) is 13.5. The van der Waals surface area contributed by atoms with Crippen LogP contribution in [0.15, 0.2) is 36.5 Å². The van der Waals surface area contributed by atoms with Crippen LogP contribution < -0.4 is 5.32 Å². The summed E-state index contributed by atoms with van der Waals surface area (Å²) in [4.78, 5) is 11.7. The molecule has 1 aromatic carbocycles. The van der Waals surface area contributed by atoms with E-state index >= 15 is 0 Å². The van der Waals surface area contributed by atoms with Gasteiger partial charge in [-0.25, -0.2) is 0 Å². The third-order valence-corrected chi connectivity index (χ3v) is 2.71. The number of carbonyl (C=O) groups excluding carboxylic acids is 1. The van der Waals surface area contributed by atoms with E-state index in [1.165, 1.54) is 0 Å². The van der Waals surface area contributed by atoms with Gasteiger partial charge in [0.05, 0.1) is 5.69 Å². The lowest BCUT2D eigenvalue weighted by molar-refractivity contribution is -0.116. The van der Waals surface area contributed by atoms with Gasteiger partial charge < -0.3 is 10.1 Å². The summed E-state index contributed by atoms with van der Waals surface area (Å²) < 4.78 is 4.92. The Labute approximate surface area is 112 Å². The van der Waals surface area contributed by atoms with E-state index in [0.717, 1.165) is 23.4 Å². The van der Waals surface area contributed by atoms with Crippen molar-refractivity contribution in [3.63, 3.8) is 0 Å². The first-order valence-corrected chi connectivity index (χ1v) is 6.18. The minimum Gasteiger partial charge on any atom is -0.385 e. The first kappa shape index (κ1) is 13.3. The van der Waals surface area contributed by atoms with Crippen LogP contribution in [0, 0.1) is 0 Å². The van der Waals surface area contributed by atoms with Gasteiger partial charge in [-0.05, 0) is 24.6 Å². The Bertz CT molecular complexity index is 523. The van der Waals surface area contributed by atoms with Crippen molar-refractivity contribution in [3.05, 3.63) is 36.5 Å². The molecule has 2 aromatic rings. The molecule has 0 atom stereocenters. The summed E-state index contributed by atoms with van der Waals surface area (Å²) in [6.45, 7) is 0.599. The van der Waals surface area contributed by atoms with E-state index in [-0.39, 0.29) is 5.91 Å². The maximum Gasteiger partial charge on any atom is 0.224 e. The molecule has 0 spiro atoms. The summed E-state index contributed by atoms with van der Waals surface area (Å²) in [5, 5.41) is 9.68. The Balaban J connectivity index is 1.97. The van der Waals surface area contributed by atoms with Gasteiger partial charge >= 0.3 is 0 Å². The molecule has 0 radical (unpaired) electrons. The van der Waals surface area contributed by atoms with Crippen LogP contribution in [-0.2, 0) is 9.53 Å². The molecule has 5 heteroatoms. The first-order chi connectivity index (χ1) is 9.29. The largest absolute Gasteiger partial charge is 0.385 e. The van der Waals surface area contributed by atoms with Crippen LogP contribution in [0.3, 0.4) is 0 Å². The van der Waals surface area contributed by atoms with Gasteiger partial charge in [0.25, 0.3) is 0 Å². The number of hydrogen-bond donors (Lipinski definition) is 2. The summed E-state index contributed by atoms with van der Waals surface area (Å²) in [6.07, 6.45) is 2.88. The van der Waals surface area contributed by atoms with E-state index in [1.54, 1.807) is 13.3 Å². The van der Waals surface area contributed by atoms with Crippen molar-refractivity contribution in [2.75, 3.05) is 19.0 Å². The number of anilines is 1. The molecule has 2 N–H and O–H groups in total. The van der Waals surface area contributed by atoms with Crippen molar-refractivity contribution < 1.29 is 9.53 Å². The van der Waals surface area contributed by atoms with Gasteiger partial charge in [0.1, 0.15) is 0 Å². The van der Waals surface area contributed by atoms with Crippen LogP contribution in [0.2, 0.25) is 0 Å². The molecular weight excluding hydrogens is 242 g/mol. The molecular formula is C14H17N3O2. The first-order valence-electron chi connectivity index (χ1n) is 6.18. The van der Waals surface area contributed by atoms with Gasteiger partial charge in [0.2, 0.25) is 5.91 Å². The fourth-order valence-electron chi connectivity index (χ4n) is 1.78. The SMILES string of the molecule is COCCCC(=O)Nc1cccc(-c2ccn[nH]2)c1. The van der Waals surface area contributed by atoms with Crippen molar-refractivity contribution >= 4 is 11.6 Å². The highest BCUT2D eigenvalue weighted by Gasteiger charge is 2.04. The number of aromatic amines is 1. The molecule has 1 aromatic heterocycles. The number of H-pyrrole nitrogens is 1. The Hall–Kier alpha value is -2.14. The molecule has 0 saturated carbocycles. The molecule has 0 saturated heterocycles. The number of hydrogen-bond acceptors (Lipinski definition) is 3. The van der Waals surface area contributed by atoms with E-state index in [0.29, 0.717) is 13.0 Å². The molecule has 0 bridgehead atoms. The molecule has 100 valence electrons. The van der Waals surface area contributed by atoms with Crippen LogP contribution in [0.5, 0.6) is 0 Å². The van der Waals surface area contributed by atoms with Crippen molar-refractivity contribution in [3.8, 4) is 11.3 Å². The molecule has 1 heterocycles. The van der Waals surface area contributed by atoms with E-state index in [4.69, 9.17) is 4.74 Å². The molecule has 19 heavy (non-hydrogen) atoms. The summed E-state index contributed by atoms with van der Waals surface area (Å²) in [5.74, 6) is -0.00110. The number of nitrogens with zero attached hydrogens (tertiary/aromatic N) is 1. The third kappa shape index (κ3) is 3.93. The molecule has 0 fully saturated rings. The zero-order valence-electron chi connectivity index (χ0n) is 10.8. The van der Waals surface area contributed by atoms with Crippen LogP contribution >= 0.6 is 0 Å². The van der Waals surface area contributed by atoms with Crippen LogP contribution in [-0.4, -0.2) is 29.8 Å². The highest BCUT2D eigenvalue weighted by Crippen LogP contribution is 2.20. The summed E-state index contributed by atoms with van der Waals surface area (Å²) in [5.41, 5.74) is 2.71. The van der Waals surface area contributed by atoms with Gasteiger partial charge in [-0.15, -0.1) is 0 Å². The Kier molecular flexibility index (Phi) is 4.69. The number of rotatable bonds is 6. The van der Waals surface area contributed by atoms with E-state index in [1.807, 2.05) is 30.3 Å². The van der Waals surface area contributed by atoms with Crippen LogP contribution in [0.25, 0.3) is 11.3 Å². The smallest absolute Gasteiger partial charge is 0.224 e. The molecule has 5 nitrogen and oxygen atoms in total. The maximum atomic E-state index is 11.7. The molecule has 0 aliphatic carbocycles. The van der Waals surface area contributed by atoms with Crippen molar-refractivity contribution in [2.45, 2.75) is 12.8 Å².